The molecule has 2 aromatic heterocycles. The second-order valence-electron chi connectivity index (χ2n) is 12.3. The Hall–Kier alpha value is -4.71. The third-order valence-corrected chi connectivity index (χ3v) is 7.88. The van der Waals surface area contributed by atoms with Gasteiger partial charge in [-0.25, -0.2) is 19.3 Å². The van der Waals surface area contributed by atoms with E-state index in [2.05, 4.69) is 95.7 Å². The maximum atomic E-state index is 12.9. The van der Waals surface area contributed by atoms with E-state index in [0.29, 0.717) is 12.1 Å². The van der Waals surface area contributed by atoms with Gasteiger partial charge in [0, 0.05) is 13.0 Å². The number of carbonyl (C=O) groups is 1. The molecule has 0 aliphatic rings. The molecule has 1 N–H and O–H groups in total. The van der Waals surface area contributed by atoms with Gasteiger partial charge in [0.05, 0.1) is 29.2 Å². The lowest BCUT2D eigenvalue weighted by molar-refractivity contribution is -0.633. The van der Waals surface area contributed by atoms with E-state index in [-0.39, 0.29) is 5.97 Å². The van der Waals surface area contributed by atoms with Crippen LogP contribution >= 0.6 is 0 Å². The van der Waals surface area contributed by atoms with Gasteiger partial charge < -0.3 is 9.30 Å². The molecule has 0 radical (unpaired) electrons. The molecule has 0 fully saturated rings. The van der Waals surface area contributed by atoms with E-state index in [1.54, 1.807) is 0 Å². The van der Waals surface area contributed by atoms with Crippen molar-refractivity contribution in [3.8, 4) is 22.5 Å². The third kappa shape index (κ3) is 5.57. The van der Waals surface area contributed by atoms with Crippen LogP contribution in [-0.4, -0.2) is 26.1 Å². The van der Waals surface area contributed by atoms with Crippen LogP contribution in [0.25, 0.3) is 44.6 Å². The lowest BCUT2D eigenvalue weighted by atomic mass is 9.98. The van der Waals surface area contributed by atoms with E-state index in [9.17, 15) is 4.79 Å². The number of esters is 1. The number of carbonyl (C=O) groups excluding carboxylic acids is 1. The third-order valence-electron chi connectivity index (χ3n) is 7.88. The van der Waals surface area contributed by atoms with Crippen LogP contribution in [0.15, 0.2) is 84.9 Å². The van der Waals surface area contributed by atoms with Crippen LogP contribution in [0.1, 0.15) is 61.4 Å². The summed E-state index contributed by atoms with van der Waals surface area (Å²) in [6.45, 7) is 10.7. The number of aryl methyl sites for hydroxylation is 3. The van der Waals surface area contributed by atoms with Crippen LogP contribution in [0.2, 0.25) is 0 Å². The van der Waals surface area contributed by atoms with Crippen molar-refractivity contribution in [1.29, 1.82) is 0 Å². The quantitative estimate of drug-likeness (QED) is 0.156. The summed E-state index contributed by atoms with van der Waals surface area (Å²) in [4.78, 5) is 21.7. The maximum absolute atomic E-state index is 12.9. The number of H-pyrrole nitrogens is 1. The summed E-state index contributed by atoms with van der Waals surface area (Å²) in [5.41, 5.74) is 9.83. The van der Waals surface area contributed by atoms with E-state index in [1.807, 2.05) is 45.0 Å². The zero-order valence-electron chi connectivity index (χ0n) is 25.9. The average Bonchev–Trinajstić information content (AvgIpc) is 3.50. The number of ether oxygens (including phenoxy) is 1. The van der Waals surface area contributed by atoms with Crippen molar-refractivity contribution in [2.24, 2.45) is 7.05 Å². The highest BCUT2D eigenvalue weighted by Gasteiger charge is 2.22. The van der Waals surface area contributed by atoms with Crippen LogP contribution < -0.4 is 4.57 Å². The van der Waals surface area contributed by atoms with Crippen molar-refractivity contribution in [2.45, 2.75) is 59.6 Å². The Kier molecular flexibility index (Phi) is 7.38. The molecule has 6 rings (SSSR count). The molecular formula is C37H39N4O2+. The zero-order chi connectivity index (χ0) is 30.3. The predicted octanol–water partition coefficient (Wildman–Crippen LogP) is 7.94. The first-order valence-corrected chi connectivity index (χ1v) is 15.0. The SMILES string of the molecule is CCCc1nc2c(C)cc(-c3[nH]c4ccccc4[n+]3C)cc2n1Cc1ccc(-c2ccccc2C(=O)OC(C)(C)C)cc1. The first kappa shape index (κ1) is 28.4. The number of nitrogens with one attached hydrogen (secondary N) is 1. The number of benzene rings is 4. The standard InChI is InChI=1S/C37H38N4O2/c1-7-12-33-39-34-24(2)21-27(35-38-30-15-10-11-16-31(30)40(35)6)22-32(34)41(33)23-25-17-19-26(20-18-25)28-13-8-9-14-29(28)36(42)43-37(3,4)5/h8-11,13-22H,7,12,23H2,1-6H3/p+1. The lowest BCUT2D eigenvalue weighted by Crippen LogP contribution is -2.29. The van der Waals surface area contributed by atoms with Crippen molar-refractivity contribution in [3.05, 3.63) is 107 Å². The topological polar surface area (TPSA) is 63.8 Å². The molecular weight excluding hydrogens is 532 g/mol. The summed E-state index contributed by atoms with van der Waals surface area (Å²) in [5.74, 6) is 1.86. The van der Waals surface area contributed by atoms with E-state index in [0.717, 1.165) is 63.3 Å². The van der Waals surface area contributed by atoms with E-state index in [1.165, 1.54) is 11.1 Å². The molecule has 4 aromatic carbocycles. The molecule has 0 bridgehead atoms. The molecule has 0 atom stereocenters. The molecule has 0 saturated carbocycles. The van der Waals surface area contributed by atoms with Crippen LogP contribution in [0.4, 0.5) is 0 Å². The summed E-state index contributed by atoms with van der Waals surface area (Å²) < 4.78 is 10.3. The van der Waals surface area contributed by atoms with Crippen LogP contribution in [0, 0.1) is 6.92 Å². The Labute approximate surface area is 253 Å². The number of nitrogens with zero attached hydrogens (tertiary/aromatic N) is 3. The van der Waals surface area contributed by atoms with Gasteiger partial charge in [0.1, 0.15) is 11.4 Å². The molecule has 43 heavy (non-hydrogen) atoms. The van der Waals surface area contributed by atoms with E-state index < -0.39 is 5.60 Å². The Morgan fingerprint density at radius 1 is 0.953 bits per heavy atom. The molecule has 0 saturated heterocycles. The summed E-state index contributed by atoms with van der Waals surface area (Å²) in [5, 5.41) is 0. The smallest absolute Gasteiger partial charge is 0.339 e. The molecule has 0 spiro atoms. The molecule has 6 heteroatoms. The minimum Gasteiger partial charge on any atom is -0.456 e. The fourth-order valence-corrected chi connectivity index (χ4v) is 5.86. The molecule has 0 amide bonds. The fourth-order valence-electron chi connectivity index (χ4n) is 5.86. The number of fused-ring (bicyclic) bond motifs is 2. The summed E-state index contributed by atoms with van der Waals surface area (Å²) in [6.07, 6.45) is 1.93. The monoisotopic (exact) mass is 571 g/mol. The molecule has 0 aliphatic heterocycles. The number of imidazole rings is 2. The average molecular weight is 572 g/mol. The summed E-state index contributed by atoms with van der Waals surface area (Å²) in [7, 11) is 2.11. The number of para-hydroxylation sites is 2. The summed E-state index contributed by atoms with van der Waals surface area (Å²) >= 11 is 0. The zero-order valence-corrected chi connectivity index (χ0v) is 25.9. The lowest BCUT2D eigenvalue weighted by Gasteiger charge is -2.20. The molecule has 2 heterocycles. The van der Waals surface area contributed by atoms with Crippen LogP contribution in [0.5, 0.6) is 0 Å². The Bertz CT molecular complexity index is 1960. The van der Waals surface area contributed by atoms with Crippen molar-refractivity contribution in [2.75, 3.05) is 0 Å². The highest BCUT2D eigenvalue weighted by molar-refractivity contribution is 5.97. The number of hydrogen-bond donors (Lipinski definition) is 1. The second kappa shape index (κ2) is 11.2. The first-order chi connectivity index (χ1) is 20.6. The Morgan fingerprint density at radius 2 is 1.67 bits per heavy atom. The number of aromatic nitrogens is 4. The molecule has 6 nitrogen and oxygen atoms in total. The van der Waals surface area contributed by atoms with Gasteiger partial charge >= 0.3 is 5.97 Å². The second-order valence-corrected chi connectivity index (χ2v) is 12.3. The molecule has 0 aliphatic carbocycles. The van der Waals surface area contributed by atoms with Gasteiger partial charge in [-0.1, -0.05) is 61.5 Å². The number of rotatable bonds is 7. The first-order valence-electron chi connectivity index (χ1n) is 15.0. The number of hydrogen-bond acceptors (Lipinski definition) is 3. The largest absolute Gasteiger partial charge is 0.456 e. The van der Waals surface area contributed by atoms with Gasteiger partial charge in [-0.15, -0.1) is 0 Å². The predicted molar refractivity (Wildman–Crippen MR) is 173 cm³/mol. The van der Waals surface area contributed by atoms with E-state index in [4.69, 9.17) is 9.72 Å². The van der Waals surface area contributed by atoms with E-state index >= 15 is 0 Å². The van der Waals surface area contributed by atoms with Gasteiger partial charge in [0.15, 0.2) is 11.0 Å². The van der Waals surface area contributed by atoms with Gasteiger partial charge in [0.2, 0.25) is 0 Å². The normalized spacial score (nSPS) is 11.9. The molecule has 218 valence electrons. The molecule has 0 unspecified atom stereocenters. The minimum atomic E-state index is -0.554. The maximum Gasteiger partial charge on any atom is 0.339 e. The van der Waals surface area contributed by atoms with Crippen LogP contribution in [-0.2, 0) is 24.8 Å². The highest BCUT2D eigenvalue weighted by Crippen LogP contribution is 2.30. The molecule has 6 aromatic rings. The van der Waals surface area contributed by atoms with Crippen molar-refractivity contribution in [3.63, 3.8) is 0 Å². The Balaban J connectivity index is 1.37. The Morgan fingerprint density at radius 3 is 2.40 bits per heavy atom. The number of aromatic amines is 1. The fraction of sp³-hybridized carbons (Fsp3) is 0.270. The summed E-state index contributed by atoms with van der Waals surface area (Å²) in [6, 6.07) is 29.0. The highest BCUT2D eigenvalue weighted by atomic mass is 16.6. The van der Waals surface area contributed by atoms with Crippen molar-refractivity contribution < 1.29 is 14.1 Å². The van der Waals surface area contributed by atoms with Gasteiger partial charge in [-0.3, -0.25) is 0 Å². The van der Waals surface area contributed by atoms with Crippen LogP contribution in [0.3, 0.4) is 0 Å². The minimum absolute atomic E-state index is 0.309. The van der Waals surface area contributed by atoms with Crippen molar-refractivity contribution >= 4 is 28.0 Å². The van der Waals surface area contributed by atoms with Gasteiger partial charge in [0.25, 0.3) is 5.82 Å². The van der Waals surface area contributed by atoms with Gasteiger partial charge in [-0.2, -0.15) is 0 Å². The van der Waals surface area contributed by atoms with Gasteiger partial charge in [-0.05, 0) is 86.7 Å². The van der Waals surface area contributed by atoms with Crippen molar-refractivity contribution in [1.82, 2.24) is 14.5 Å².